The Morgan fingerprint density at radius 3 is 2.83 bits per heavy atom. The molecular weight excluding hydrogens is 297 g/mol. The summed E-state index contributed by atoms with van der Waals surface area (Å²) in [5, 5.41) is 3.06. The lowest BCUT2D eigenvalue weighted by Crippen LogP contribution is -2.10. The van der Waals surface area contributed by atoms with Crippen LogP contribution in [0.25, 0.3) is 11.3 Å². The zero-order valence-electron chi connectivity index (χ0n) is 10.6. The van der Waals surface area contributed by atoms with Crippen LogP contribution in [0.5, 0.6) is 0 Å². The lowest BCUT2D eigenvalue weighted by molar-refractivity contribution is 0.628. The molecule has 96 valence electrons. The zero-order valence-corrected chi connectivity index (χ0v) is 12.2. The normalized spacial score (nSPS) is 10.9. The Labute approximate surface area is 114 Å². The third kappa shape index (κ3) is 2.33. The Hall–Kier alpha value is -1.20. The Morgan fingerprint density at radius 2 is 2.17 bits per heavy atom. The van der Waals surface area contributed by atoms with Crippen molar-refractivity contribution in [2.24, 2.45) is 7.05 Å². The van der Waals surface area contributed by atoms with Crippen LogP contribution in [-0.4, -0.2) is 16.6 Å². The van der Waals surface area contributed by atoms with Gasteiger partial charge in [0, 0.05) is 17.1 Å². The number of benzene rings is 1. The van der Waals surface area contributed by atoms with Gasteiger partial charge < -0.3 is 9.88 Å². The first kappa shape index (κ1) is 13.2. The van der Waals surface area contributed by atoms with E-state index in [0.29, 0.717) is 12.1 Å². The van der Waals surface area contributed by atoms with Crippen LogP contribution in [0.15, 0.2) is 22.7 Å². The third-order valence-electron chi connectivity index (χ3n) is 2.88. The van der Waals surface area contributed by atoms with Gasteiger partial charge in [0.2, 0.25) is 0 Å². The Bertz CT molecular complexity index is 578. The molecule has 3 nitrogen and oxygen atoms in total. The molecule has 18 heavy (non-hydrogen) atoms. The zero-order chi connectivity index (χ0) is 13.3. The first-order valence-electron chi connectivity index (χ1n) is 5.66. The van der Waals surface area contributed by atoms with Crippen LogP contribution >= 0.6 is 15.9 Å². The summed E-state index contributed by atoms with van der Waals surface area (Å²) in [4.78, 5) is 4.47. The lowest BCUT2D eigenvalue weighted by Gasteiger charge is -2.08. The highest BCUT2D eigenvalue weighted by atomic mass is 79.9. The van der Waals surface area contributed by atoms with E-state index in [9.17, 15) is 4.39 Å². The Kier molecular flexibility index (Phi) is 3.82. The number of nitrogens with one attached hydrogen (secondary N) is 1. The van der Waals surface area contributed by atoms with Gasteiger partial charge in [-0.3, -0.25) is 0 Å². The maximum Gasteiger partial charge on any atom is 0.132 e. The van der Waals surface area contributed by atoms with E-state index in [4.69, 9.17) is 0 Å². The number of rotatable bonds is 3. The van der Waals surface area contributed by atoms with Crippen LogP contribution < -0.4 is 5.32 Å². The number of imidazole rings is 1. The highest BCUT2D eigenvalue weighted by Gasteiger charge is 2.16. The first-order chi connectivity index (χ1) is 8.54. The van der Waals surface area contributed by atoms with Crippen molar-refractivity contribution in [1.82, 2.24) is 14.9 Å². The van der Waals surface area contributed by atoms with Crippen molar-refractivity contribution in [2.45, 2.75) is 13.5 Å². The third-order valence-corrected chi connectivity index (χ3v) is 3.37. The molecule has 0 aliphatic carbocycles. The van der Waals surface area contributed by atoms with E-state index in [0.717, 1.165) is 21.7 Å². The minimum Gasteiger partial charge on any atom is -0.330 e. The van der Waals surface area contributed by atoms with Gasteiger partial charge in [-0.25, -0.2) is 9.37 Å². The minimum atomic E-state index is -0.236. The van der Waals surface area contributed by atoms with E-state index >= 15 is 0 Å². The minimum absolute atomic E-state index is 0.236. The number of aromatic nitrogens is 2. The van der Waals surface area contributed by atoms with Crippen molar-refractivity contribution in [3.8, 4) is 11.3 Å². The molecule has 0 aliphatic rings. The molecule has 0 unspecified atom stereocenters. The molecule has 0 amide bonds. The second-order valence-corrected chi connectivity index (χ2v) is 5.09. The number of aryl methyl sites for hydroxylation is 1. The summed E-state index contributed by atoms with van der Waals surface area (Å²) in [6.45, 7) is 2.56. The second kappa shape index (κ2) is 5.20. The van der Waals surface area contributed by atoms with Crippen LogP contribution in [0.1, 0.15) is 11.5 Å². The average molecular weight is 312 g/mol. The van der Waals surface area contributed by atoms with Crippen molar-refractivity contribution in [2.75, 3.05) is 7.05 Å². The van der Waals surface area contributed by atoms with Crippen molar-refractivity contribution in [3.63, 3.8) is 0 Å². The molecule has 0 saturated heterocycles. The second-order valence-electron chi connectivity index (χ2n) is 4.18. The molecule has 0 fully saturated rings. The highest BCUT2D eigenvalue weighted by Crippen LogP contribution is 2.29. The largest absolute Gasteiger partial charge is 0.330 e. The van der Waals surface area contributed by atoms with Crippen LogP contribution in [0.3, 0.4) is 0 Å². The molecular formula is C13H15BrFN3. The molecule has 1 heterocycles. The van der Waals surface area contributed by atoms with E-state index < -0.39 is 0 Å². The molecule has 0 aliphatic heterocycles. The molecule has 1 aromatic heterocycles. The summed E-state index contributed by atoms with van der Waals surface area (Å²) in [5.74, 6) is 0.657. The van der Waals surface area contributed by atoms with E-state index in [1.807, 2.05) is 25.6 Å². The van der Waals surface area contributed by atoms with Gasteiger partial charge in [0.1, 0.15) is 11.6 Å². The number of hydrogen-bond donors (Lipinski definition) is 1. The fourth-order valence-corrected chi connectivity index (χ4v) is 2.43. The Balaban J connectivity index is 2.60. The fourth-order valence-electron chi connectivity index (χ4n) is 2.06. The summed E-state index contributed by atoms with van der Waals surface area (Å²) in [6, 6.07) is 4.94. The number of hydrogen-bond acceptors (Lipinski definition) is 2. The van der Waals surface area contributed by atoms with Crippen LogP contribution in [0, 0.1) is 12.7 Å². The predicted molar refractivity (Wildman–Crippen MR) is 73.8 cm³/mol. The van der Waals surface area contributed by atoms with E-state index in [1.165, 1.54) is 6.07 Å². The van der Waals surface area contributed by atoms with Gasteiger partial charge in [-0.15, -0.1) is 0 Å². The van der Waals surface area contributed by atoms with Gasteiger partial charge in [-0.2, -0.15) is 0 Å². The van der Waals surface area contributed by atoms with Crippen LogP contribution in [0.4, 0.5) is 4.39 Å². The summed E-state index contributed by atoms with van der Waals surface area (Å²) in [7, 11) is 3.77. The highest BCUT2D eigenvalue weighted by molar-refractivity contribution is 9.10. The summed E-state index contributed by atoms with van der Waals surface area (Å²) in [6.07, 6.45) is 0. The quantitative estimate of drug-likeness (QED) is 0.944. The van der Waals surface area contributed by atoms with Gasteiger partial charge in [0.15, 0.2) is 0 Å². The molecule has 0 atom stereocenters. The SMILES string of the molecule is CNCc1nc(C)c(-c2cc(Br)ccc2F)n1C. The van der Waals surface area contributed by atoms with Crippen LogP contribution in [0.2, 0.25) is 0 Å². The van der Waals surface area contributed by atoms with Crippen molar-refractivity contribution < 1.29 is 4.39 Å². The van der Waals surface area contributed by atoms with Gasteiger partial charge in [0.25, 0.3) is 0 Å². The molecule has 0 spiro atoms. The van der Waals surface area contributed by atoms with Crippen LogP contribution in [-0.2, 0) is 13.6 Å². The van der Waals surface area contributed by atoms with E-state index in [-0.39, 0.29) is 5.82 Å². The van der Waals surface area contributed by atoms with Gasteiger partial charge in [0.05, 0.1) is 17.9 Å². The predicted octanol–water partition coefficient (Wildman–Crippen LogP) is 3.02. The topological polar surface area (TPSA) is 29.9 Å². The van der Waals surface area contributed by atoms with Gasteiger partial charge in [-0.05, 0) is 32.2 Å². The molecule has 1 aromatic carbocycles. The molecule has 2 rings (SSSR count). The van der Waals surface area contributed by atoms with Crippen molar-refractivity contribution >= 4 is 15.9 Å². The first-order valence-corrected chi connectivity index (χ1v) is 6.46. The van der Waals surface area contributed by atoms with Crippen molar-refractivity contribution in [3.05, 3.63) is 40.0 Å². The summed E-state index contributed by atoms with van der Waals surface area (Å²) in [5.41, 5.74) is 2.22. The lowest BCUT2D eigenvalue weighted by atomic mass is 10.1. The van der Waals surface area contributed by atoms with E-state index in [2.05, 4.69) is 26.2 Å². The molecule has 2 aromatic rings. The van der Waals surface area contributed by atoms with Gasteiger partial charge >= 0.3 is 0 Å². The summed E-state index contributed by atoms with van der Waals surface area (Å²) < 4.78 is 16.7. The maximum atomic E-state index is 13.9. The maximum absolute atomic E-state index is 13.9. The summed E-state index contributed by atoms with van der Waals surface area (Å²) >= 11 is 3.37. The van der Waals surface area contributed by atoms with Crippen molar-refractivity contribution in [1.29, 1.82) is 0 Å². The monoisotopic (exact) mass is 311 g/mol. The van der Waals surface area contributed by atoms with E-state index in [1.54, 1.807) is 12.1 Å². The fraction of sp³-hybridized carbons (Fsp3) is 0.308. The molecule has 0 saturated carbocycles. The Morgan fingerprint density at radius 1 is 1.44 bits per heavy atom. The average Bonchev–Trinajstić information content (AvgIpc) is 2.59. The number of halogens is 2. The smallest absolute Gasteiger partial charge is 0.132 e. The number of nitrogens with zero attached hydrogens (tertiary/aromatic N) is 2. The van der Waals surface area contributed by atoms with Gasteiger partial charge in [-0.1, -0.05) is 15.9 Å². The standard InChI is InChI=1S/C13H15BrFN3/c1-8-13(18(3)12(17-8)7-16-2)10-6-9(14)4-5-11(10)15/h4-6,16H,7H2,1-3H3. The molecule has 0 radical (unpaired) electrons. The molecule has 0 bridgehead atoms. The molecule has 5 heteroatoms. The molecule has 1 N–H and O–H groups in total.